The number of halogens is 1. The molecule has 0 N–H and O–H groups in total. The predicted octanol–water partition coefficient (Wildman–Crippen LogP) is 10.2. The van der Waals surface area contributed by atoms with Gasteiger partial charge in [-0.15, -0.1) is 0 Å². The largest absolute Gasteiger partial charge is 0.310 e. The Bertz CT molecular complexity index is 1250. The fourth-order valence-corrected chi connectivity index (χ4v) is 7.47. The number of rotatable bonds is 13. The molecule has 0 spiro atoms. The number of benzene rings is 3. The van der Waals surface area contributed by atoms with Crippen molar-refractivity contribution in [2.75, 3.05) is 4.90 Å². The third-order valence-corrected chi connectivity index (χ3v) is 9.82. The van der Waals surface area contributed by atoms with Gasteiger partial charge in [0.15, 0.2) is 0 Å². The second kappa shape index (κ2) is 13.4. The minimum atomic E-state index is 0.206. The molecule has 0 aliphatic heterocycles. The van der Waals surface area contributed by atoms with Crippen molar-refractivity contribution in [1.29, 1.82) is 0 Å². The highest BCUT2D eigenvalue weighted by Crippen LogP contribution is 2.58. The van der Waals surface area contributed by atoms with Gasteiger partial charge in [0.1, 0.15) is 7.85 Å². The monoisotopic (exact) mass is 593 g/mol. The Kier molecular flexibility index (Phi) is 9.74. The van der Waals surface area contributed by atoms with Gasteiger partial charge in [-0.2, -0.15) is 0 Å². The van der Waals surface area contributed by atoms with Gasteiger partial charge in [-0.1, -0.05) is 129 Å². The number of anilines is 3. The lowest BCUT2D eigenvalue weighted by Gasteiger charge is -2.38. The van der Waals surface area contributed by atoms with E-state index in [9.17, 15) is 0 Å². The Balaban J connectivity index is 1.62. The standard InChI is InChI=1S/C37H45BBrN/c1-3-5-7-11-25-37(26-12-8-6-4-2)35-14-10-9-13-33(35)34-24-23-32(27-36(34)37)40(30-19-15-28(38)16-20-30)31-21-17-29(39)18-22-31/h9-10,13-24,27,33,35H,3-8,11-12,25-26,38H2,1-2H3. The summed E-state index contributed by atoms with van der Waals surface area (Å²) in [5.41, 5.74) is 8.33. The number of fused-ring (bicyclic) bond motifs is 3. The molecular weight excluding hydrogens is 549 g/mol. The van der Waals surface area contributed by atoms with Gasteiger partial charge in [0.05, 0.1) is 0 Å². The van der Waals surface area contributed by atoms with E-state index >= 15 is 0 Å². The normalized spacial score (nSPS) is 18.5. The summed E-state index contributed by atoms with van der Waals surface area (Å²) in [5.74, 6) is 1.05. The van der Waals surface area contributed by atoms with Crippen LogP contribution in [0.4, 0.5) is 17.1 Å². The molecule has 3 aromatic carbocycles. The molecule has 208 valence electrons. The molecular formula is C37H45BBrN. The van der Waals surface area contributed by atoms with Crippen LogP contribution in [0.25, 0.3) is 0 Å². The molecule has 2 aliphatic rings. The molecule has 0 fully saturated rings. The Morgan fingerprint density at radius 1 is 0.700 bits per heavy atom. The molecule has 0 saturated carbocycles. The Morgan fingerprint density at radius 3 is 1.90 bits per heavy atom. The first-order chi connectivity index (χ1) is 19.6. The minimum absolute atomic E-state index is 0.206. The first kappa shape index (κ1) is 29.0. The summed E-state index contributed by atoms with van der Waals surface area (Å²) < 4.78 is 1.11. The van der Waals surface area contributed by atoms with Crippen LogP contribution in [0.1, 0.15) is 95.1 Å². The summed E-state index contributed by atoms with van der Waals surface area (Å²) in [7, 11) is 2.16. The summed E-state index contributed by atoms with van der Waals surface area (Å²) in [6, 6.07) is 25.2. The van der Waals surface area contributed by atoms with Gasteiger partial charge in [-0.05, 0) is 78.4 Å². The molecule has 0 amide bonds. The molecule has 0 bridgehead atoms. The second-order valence-corrected chi connectivity index (χ2v) is 12.9. The molecule has 2 unspecified atom stereocenters. The Labute approximate surface area is 252 Å². The second-order valence-electron chi connectivity index (χ2n) is 12.0. The van der Waals surface area contributed by atoms with Gasteiger partial charge in [-0.3, -0.25) is 0 Å². The summed E-state index contributed by atoms with van der Waals surface area (Å²) in [6.07, 6.45) is 22.8. The molecule has 5 rings (SSSR count). The highest BCUT2D eigenvalue weighted by atomic mass is 79.9. The lowest BCUT2D eigenvalue weighted by atomic mass is 9.65. The first-order valence-electron chi connectivity index (χ1n) is 15.7. The highest BCUT2D eigenvalue weighted by molar-refractivity contribution is 9.10. The fourth-order valence-electron chi connectivity index (χ4n) is 7.21. The molecule has 0 aromatic heterocycles. The van der Waals surface area contributed by atoms with E-state index in [4.69, 9.17) is 0 Å². The first-order valence-corrected chi connectivity index (χ1v) is 16.5. The van der Waals surface area contributed by atoms with Crippen LogP contribution in [0.3, 0.4) is 0 Å². The zero-order valence-electron chi connectivity index (χ0n) is 24.7. The van der Waals surface area contributed by atoms with Gasteiger partial charge in [0.25, 0.3) is 0 Å². The quantitative estimate of drug-likeness (QED) is 0.141. The Morgan fingerprint density at radius 2 is 1.27 bits per heavy atom. The molecule has 2 atom stereocenters. The van der Waals surface area contributed by atoms with Crippen molar-refractivity contribution in [3.63, 3.8) is 0 Å². The number of hydrogen-bond acceptors (Lipinski definition) is 1. The maximum atomic E-state index is 3.65. The number of hydrogen-bond donors (Lipinski definition) is 0. The molecule has 3 aromatic rings. The van der Waals surface area contributed by atoms with Crippen LogP contribution in [-0.4, -0.2) is 7.85 Å². The SMILES string of the molecule is Bc1ccc(N(c2ccc(Br)cc2)c2ccc3c(c2)C(CCCCCC)(CCCCCC)C2C=CC=CC32)cc1. The van der Waals surface area contributed by atoms with Gasteiger partial charge >= 0.3 is 0 Å². The Hall–Kier alpha value is -2.52. The number of nitrogens with zero attached hydrogens (tertiary/aromatic N) is 1. The average molecular weight is 594 g/mol. The van der Waals surface area contributed by atoms with Crippen molar-refractivity contribution in [3.05, 3.63) is 107 Å². The zero-order valence-corrected chi connectivity index (χ0v) is 26.3. The van der Waals surface area contributed by atoms with E-state index in [1.54, 1.807) is 11.1 Å². The molecule has 0 saturated heterocycles. The van der Waals surface area contributed by atoms with E-state index in [1.807, 2.05) is 0 Å². The summed E-state index contributed by atoms with van der Waals surface area (Å²) >= 11 is 3.65. The van der Waals surface area contributed by atoms with Crippen molar-refractivity contribution in [2.45, 2.75) is 89.4 Å². The minimum Gasteiger partial charge on any atom is -0.310 e. The summed E-state index contributed by atoms with van der Waals surface area (Å²) in [6.45, 7) is 4.65. The van der Waals surface area contributed by atoms with Crippen molar-refractivity contribution in [3.8, 4) is 0 Å². The van der Waals surface area contributed by atoms with E-state index in [2.05, 4.69) is 134 Å². The summed E-state index contributed by atoms with van der Waals surface area (Å²) in [5, 5.41) is 0. The van der Waals surface area contributed by atoms with Gasteiger partial charge in [0, 0.05) is 32.9 Å². The fraction of sp³-hybridized carbons (Fsp3) is 0.405. The molecule has 2 aliphatic carbocycles. The van der Waals surface area contributed by atoms with Crippen LogP contribution in [-0.2, 0) is 5.41 Å². The van der Waals surface area contributed by atoms with Crippen LogP contribution < -0.4 is 10.4 Å². The number of allylic oxidation sites excluding steroid dienone is 4. The lowest BCUT2D eigenvalue weighted by Crippen LogP contribution is -2.32. The van der Waals surface area contributed by atoms with Gasteiger partial charge in [-0.25, -0.2) is 0 Å². The average Bonchev–Trinajstić information content (AvgIpc) is 3.25. The zero-order chi connectivity index (χ0) is 28.0. The third kappa shape index (κ3) is 6.05. The van der Waals surface area contributed by atoms with Gasteiger partial charge < -0.3 is 4.90 Å². The van der Waals surface area contributed by atoms with Crippen LogP contribution in [0.2, 0.25) is 0 Å². The molecule has 0 radical (unpaired) electrons. The number of unbranched alkanes of at least 4 members (excludes halogenated alkanes) is 6. The van der Waals surface area contributed by atoms with E-state index in [0.29, 0.717) is 11.8 Å². The molecule has 0 heterocycles. The maximum Gasteiger partial charge on any atom is 0.139 e. The van der Waals surface area contributed by atoms with E-state index in [1.165, 1.54) is 86.7 Å². The van der Waals surface area contributed by atoms with Crippen molar-refractivity contribution in [2.24, 2.45) is 5.92 Å². The third-order valence-electron chi connectivity index (χ3n) is 9.29. The van der Waals surface area contributed by atoms with Gasteiger partial charge in [0.2, 0.25) is 0 Å². The maximum absolute atomic E-state index is 3.65. The van der Waals surface area contributed by atoms with Crippen LogP contribution in [0.5, 0.6) is 0 Å². The predicted molar refractivity (Wildman–Crippen MR) is 181 cm³/mol. The topological polar surface area (TPSA) is 3.24 Å². The van der Waals surface area contributed by atoms with Crippen molar-refractivity contribution < 1.29 is 0 Å². The van der Waals surface area contributed by atoms with Crippen molar-refractivity contribution in [1.82, 2.24) is 0 Å². The van der Waals surface area contributed by atoms with E-state index < -0.39 is 0 Å². The van der Waals surface area contributed by atoms with E-state index in [-0.39, 0.29) is 5.41 Å². The van der Waals surface area contributed by atoms with Crippen LogP contribution in [0, 0.1) is 5.92 Å². The summed E-state index contributed by atoms with van der Waals surface area (Å²) in [4.78, 5) is 2.44. The molecule has 3 heteroatoms. The van der Waals surface area contributed by atoms with Crippen molar-refractivity contribution >= 4 is 46.3 Å². The molecule has 1 nitrogen and oxygen atoms in total. The van der Waals surface area contributed by atoms with Crippen LogP contribution in [0.15, 0.2) is 95.5 Å². The highest BCUT2D eigenvalue weighted by Gasteiger charge is 2.49. The smallest absolute Gasteiger partial charge is 0.139 e. The molecule has 40 heavy (non-hydrogen) atoms. The lowest BCUT2D eigenvalue weighted by molar-refractivity contribution is 0.264. The van der Waals surface area contributed by atoms with E-state index in [0.717, 1.165) is 4.47 Å². The van der Waals surface area contributed by atoms with Crippen LogP contribution >= 0.6 is 15.9 Å².